The Kier molecular flexibility index (Phi) is 9.09. The molecule has 0 radical (unpaired) electrons. The molecule has 1 N–H and O–H groups in total. The van der Waals surface area contributed by atoms with Gasteiger partial charge in [0.15, 0.2) is 0 Å². The summed E-state index contributed by atoms with van der Waals surface area (Å²) in [5.74, 6) is -0.788. The summed E-state index contributed by atoms with van der Waals surface area (Å²) < 4.78 is 19.2. The molecular formula is C29H30ClFN2O3. The minimum absolute atomic E-state index is 0.0124. The van der Waals surface area contributed by atoms with Gasteiger partial charge in [-0.1, -0.05) is 66.2 Å². The van der Waals surface area contributed by atoms with Crippen LogP contribution in [0.4, 0.5) is 4.39 Å². The van der Waals surface area contributed by atoms with E-state index >= 15 is 0 Å². The molecule has 36 heavy (non-hydrogen) atoms. The first kappa shape index (κ1) is 25.9. The minimum atomic E-state index is -0.751. The summed E-state index contributed by atoms with van der Waals surface area (Å²) >= 11 is 6.01. The van der Waals surface area contributed by atoms with Gasteiger partial charge in [0.1, 0.15) is 11.9 Å². The number of rotatable bonds is 10. The molecule has 2 atom stereocenters. The van der Waals surface area contributed by atoms with Crippen molar-refractivity contribution in [2.24, 2.45) is 0 Å². The van der Waals surface area contributed by atoms with E-state index in [0.717, 1.165) is 29.5 Å². The van der Waals surface area contributed by atoms with Gasteiger partial charge in [0.25, 0.3) is 0 Å². The van der Waals surface area contributed by atoms with Crippen LogP contribution in [0.1, 0.15) is 29.5 Å². The zero-order valence-electron chi connectivity index (χ0n) is 20.0. The van der Waals surface area contributed by atoms with Crippen LogP contribution >= 0.6 is 11.6 Å². The molecule has 0 unspecified atom stereocenters. The highest BCUT2D eigenvalue weighted by Gasteiger charge is 2.31. The van der Waals surface area contributed by atoms with E-state index in [2.05, 4.69) is 5.32 Å². The first-order valence-corrected chi connectivity index (χ1v) is 12.6. The molecule has 3 aromatic rings. The number of benzene rings is 3. The maximum atomic E-state index is 13.7. The average Bonchev–Trinajstić information content (AvgIpc) is 3.41. The van der Waals surface area contributed by atoms with Gasteiger partial charge in [-0.15, -0.1) is 0 Å². The van der Waals surface area contributed by atoms with Crippen LogP contribution in [-0.4, -0.2) is 42.0 Å². The predicted octanol–water partition coefficient (Wildman–Crippen LogP) is 4.96. The summed E-state index contributed by atoms with van der Waals surface area (Å²) in [6.07, 6.45) is 2.33. The third-order valence-corrected chi connectivity index (χ3v) is 6.59. The third-order valence-electron chi connectivity index (χ3n) is 6.33. The number of hydrogen-bond donors (Lipinski definition) is 1. The Morgan fingerprint density at radius 1 is 0.972 bits per heavy atom. The number of halogens is 2. The lowest BCUT2D eigenvalue weighted by Gasteiger charge is -2.32. The van der Waals surface area contributed by atoms with Crippen LogP contribution in [-0.2, 0) is 33.7 Å². The summed E-state index contributed by atoms with van der Waals surface area (Å²) in [6, 6.07) is 22.0. The molecule has 0 spiro atoms. The van der Waals surface area contributed by atoms with E-state index in [1.807, 2.05) is 30.3 Å². The van der Waals surface area contributed by atoms with Gasteiger partial charge in [0.05, 0.1) is 12.5 Å². The number of nitrogens with zero attached hydrogens (tertiary/aromatic N) is 1. The van der Waals surface area contributed by atoms with Crippen LogP contribution in [0.15, 0.2) is 78.9 Å². The van der Waals surface area contributed by atoms with Crippen LogP contribution < -0.4 is 5.32 Å². The molecule has 0 bridgehead atoms. The standard InChI is InChI=1S/C29H30ClFN2O3/c30-24-12-8-22(9-13-24)18-28(34)33(20-23-10-14-25(31)15-11-23)27(17-21-5-2-1-3-6-21)29(35)32-19-26-7-4-16-36-26/h1-3,5-6,8-15,26-27H,4,7,16-20H2,(H,32,35)/t26-,27+/m0/s1. The summed E-state index contributed by atoms with van der Waals surface area (Å²) in [5, 5.41) is 3.60. The normalized spacial score (nSPS) is 15.9. The fraction of sp³-hybridized carbons (Fsp3) is 0.310. The van der Waals surface area contributed by atoms with E-state index in [0.29, 0.717) is 24.6 Å². The maximum Gasteiger partial charge on any atom is 0.243 e. The van der Waals surface area contributed by atoms with Gasteiger partial charge in [0.2, 0.25) is 11.8 Å². The zero-order valence-corrected chi connectivity index (χ0v) is 20.8. The molecule has 1 aliphatic rings. The van der Waals surface area contributed by atoms with Crippen molar-refractivity contribution in [3.8, 4) is 0 Å². The van der Waals surface area contributed by atoms with E-state index in [9.17, 15) is 14.0 Å². The zero-order chi connectivity index (χ0) is 25.3. The van der Waals surface area contributed by atoms with Gasteiger partial charge in [-0.3, -0.25) is 9.59 Å². The smallest absolute Gasteiger partial charge is 0.243 e. The predicted molar refractivity (Wildman–Crippen MR) is 138 cm³/mol. The molecule has 1 saturated heterocycles. The minimum Gasteiger partial charge on any atom is -0.376 e. The van der Waals surface area contributed by atoms with Crippen LogP contribution in [0.25, 0.3) is 0 Å². The highest BCUT2D eigenvalue weighted by molar-refractivity contribution is 6.30. The summed E-state index contributed by atoms with van der Waals surface area (Å²) in [4.78, 5) is 28.8. The second-order valence-electron chi connectivity index (χ2n) is 9.04. The van der Waals surface area contributed by atoms with Crippen LogP contribution in [0.5, 0.6) is 0 Å². The molecule has 4 rings (SSSR count). The Balaban J connectivity index is 1.61. The second-order valence-corrected chi connectivity index (χ2v) is 9.47. The van der Waals surface area contributed by atoms with Gasteiger partial charge in [0, 0.05) is 31.1 Å². The van der Waals surface area contributed by atoms with Crippen molar-refractivity contribution >= 4 is 23.4 Å². The molecule has 1 aliphatic heterocycles. The summed E-state index contributed by atoms with van der Waals surface area (Å²) in [5.41, 5.74) is 2.48. The lowest BCUT2D eigenvalue weighted by molar-refractivity contribution is -0.141. The first-order chi connectivity index (χ1) is 17.5. The molecular weight excluding hydrogens is 479 g/mol. The van der Waals surface area contributed by atoms with Gasteiger partial charge < -0.3 is 15.0 Å². The number of amides is 2. The monoisotopic (exact) mass is 508 g/mol. The van der Waals surface area contributed by atoms with Crippen LogP contribution in [0.3, 0.4) is 0 Å². The highest BCUT2D eigenvalue weighted by atomic mass is 35.5. The molecule has 1 fully saturated rings. The topological polar surface area (TPSA) is 58.6 Å². The molecule has 2 amide bonds. The SMILES string of the molecule is O=C(NC[C@@H]1CCCO1)[C@@H](Cc1ccccc1)N(Cc1ccc(F)cc1)C(=O)Cc1ccc(Cl)cc1. The fourth-order valence-corrected chi connectivity index (χ4v) is 4.48. The number of carbonyl (C=O) groups excluding carboxylic acids is 2. The number of carbonyl (C=O) groups is 2. The average molecular weight is 509 g/mol. The molecule has 0 aromatic heterocycles. The van der Waals surface area contributed by atoms with Gasteiger partial charge in [-0.2, -0.15) is 0 Å². The molecule has 1 heterocycles. The van der Waals surface area contributed by atoms with Crippen molar-refractivity contribution in [3.05, 3.63) is 106 Å². The number of hydrogen-bond acceptors (Lipinski definition) is 3. The Hall–Kier alpha value is -3.22. The van der Waals surface area contributed by atoms with Crippen LogP contribution in [0, 0.1) is 5.82 Å². The van der Waals surface area contributed by atoms with Crippen molar-refractivity contribution in [2.75, 3.05) is 13.2 Å². The van der Waals surface area contributed by atoms with Gasteiger partial charge in [-0.25, -0.2) is 4.39 Å². The molecule has 188 valence electrons. The second kappa shape index (κ2) is 12.7. The lowest BCUT2D eigenvalue weighted by atomic mass is 10.0. The van der Waals surface area contributed by atoms with E-state index in [4.69, 9.17) is 16.3 Å². The van der Waals surface area contributed by atoms with E-state index in [-0.39, 0.29) is 36.7 Å². The fourth-order valence-electron chi connectivity index (χ4n) is 4.36. The van der Waals surface area contributed by atoms with E-state index < -0.39 is 6.04 Å². The summed E-state index contributed by atoms with van der Waals surface area (Å²) in [7, 11) is 0. The quantitative estimate of drug-likeness (QED) is 0.421. The van der Waals surface area contributed by atoms with Crippen molar-refractivity contribution in [1.29, 1.82) is 0 Å². The number of ether oxygens (including phenoxy) is 1. The van der Waals surface area contributed by atoms with Crippen molar-refractivity contribution in [2.45, 2.75) is 44.4 Å². The molecule has 0 aliphatic carbocycles. The van der Waals surface area contributed by atoms with Crippen molar-refractivity contribution in [3.63, 3.8) is 0 Å². The molecule has 5 nitrogen and oxygen atoms in total. The van der Waals surface area contributed by atoms with Gasteiger partial charge in [-0.05, 0) is 53.8 Å². The highest BCUT2D eigenvalue weighted by Crippen LogP contribution is 2.18. The Labute approximate surface area is 216 Å². The van der Waals surface area contributed by atoms with Gasteiger partial charge >= 0.3 is 0 Å². The summed E-state index contributed by atoms with van der Waals surface area (Å²) in [6.45, 7) is 1.28. The molecule has 7 heteroatoms. The lowest BCUT2D eigenvalue weighted by Crippen LogP contribution is -2.52. The van der Waals surface area contributed by atoms with Crippen LogP contribution in [0.2, 0.25) is 5.02 Å². The largest absolute Gasteiger partial charge is 0.376 e. The van der Waals surface area contributed by atoms with Crippen molar-refractivity contribution in [1.82, 2.24) is 10.2 Å². The Morgan fingerprint density at radius 3 is 2.33 bits per heavy atom. The third kappa shape index (κ3) is 7.39. The first-order valence-electron chi connectivity index (χ1n) is 12.2. The Bertz CT molecular complexity index is 1130. The van der Waals surface area contributed by atoms with E-state index in [1.165, 1.54) is 12.1 Å². The molecule has 0 saturated carbocycles. The number of nitrogens with one attached hydrogen (secondary N) is 1. The maximum absolute atomic E-state index is 13.7. The van der Waals surface area contributed by atoms with E-state index in [1.54, 1.807) is 41.3 Å². The van der Waals surface area contributed by atoms with Crippen molar-refractivity contribution < 1.29 is 18.7 Å². The Morgan fingerprint density at radius 2 is 1.67 bits per heavy atom. The molecule has 3 aromatic carbocycles.